The zero-order valence-corrected chi connectivity index (χ0v) is 11.2. The van der Waals surface area contributed by atoms with Crippen LogP contribution in [0.3, 0.4) is 0 Å². The topological polar surface area (TPSA) is 49.0 Å². The minimum Gasteiger partial charge on any atom is -0.361 e. The van der Waals surface area contributed by atoms with Crippen LogP contribution in [0.1, 0.15) is 15.9 Å². The first-order chi connectivity index (χ1) is 9.75. The Kier molecular flexibility index (Phi) is 3.21. The van der Waals surface area contributed by atoms with E-state index in [-0.39, 0.29) is 5.91 Å². The average Bonchev–Trinajstić information content (AvgIpc) is 2.96. The quantitative estimate of drug-likeness (QED) is 0.791. The molecule has 0 fully saturated rings. The molecule has 20 heavy (non-hydrogen) atoms. The summed E-state index contributed by atoms with van der Waals surface area (Å²) in [5, 5.41) is 1.05. The molecule has 0 spiro atoms. The van der Waals surface area contributed by atoms with Crippen LogP contribution in [-0.4, -0.2) is 27.8 Å². The number of benzene rings is 1. The van der Waals surface area contributed by atoms with E-state index in [0.29, 0.717) is 12.1 Å². The summed E-state index contributed by atoms with van der Waals surface area (Å²) in [6, 6.07) is 11.5. The predicted molar refractivity (Wildman–Crippen MR) is 78.3 cm³/mol. The smallest absolute Gasteiger partial charge is 0.256 e. The van der Waals surface area contributed by atoms with Gasteiger partial charge in [0.15, 0.2) is 0 Å². The number of para-hydroxylation sites is 1. The highest BCUT2D eigenvalue weighted by Gasteiger charge is 2.15. The van der Waals surface area contributed by atoms with Gasteiger partial charge in [-0.3, -0.25) is 9.78 Å². The molecule has 100 valence electrons. The van der Waals surface area contributed by atoms with E-state index in [9.17, 15) is 4.79 Å². The summed E-state index contributed by atoms with van der Waals surface area (Å²) in [5.41, 5.74) is 2.65. The van der Waals surface area contributed by atoms with Crippen LogP contribution in [0.4, 0.5) is 0 Å². The molecule has 0 aliphatic heterocycles. The van der Waals surface area contributed by atoms with Crippen LogP contribution < -0.4 is 0 Å². The molecular formula is C16H15N3O. The molecule has 1 aromatic carbocycles. The number of aromatic amines is 1. The Hall–Kier alpha value is -2.62. The summed E-state index contributed by atoms with van der Waals surface area (Å²) in [5.74, 6) is 0.00913. The van der Waals surface area contributed by atoms with Gasteiger partial charge in [0.2, 0.25) is 0 Å². The predicted octanol–water partition coefficient (Wildman–Crippen LogP) is 2.84. The fourth-order valence-corrected chi connectivity index (χ4v) is 2.30. The molecule has 0 saturated carbocycles. The third-order valence-electron chi connectivity index (χ3n) is 3.33. The van der Waals surface area contributed by atoms with Gasteiger partial charge < -0.3 is 9.88 Å². The standard InChI is InChI=1S/C16H15N3O/c1-19(11-12-5-8-17-9-6-12)16(20)14-4-2-3-13-7-10-18-15(13)14/h2-10,18H,11H2,1H3. The summed E-state index contributed by atoms with van der Waals surface area (Å²) in [4.78, 5) is 21.4. The molecule has 0 bridgehead atoms. The molecule has 1 amide bonds. The number of H-pyrrole nitrogens is 1. The minimum atomic E-state index is 0.00913. The second-order valence-corrected chi connectivity index (χ2v) is 4.76. The summed E-state index contributed by atoms with van der Waals surface area (Å²) in [7, 11) is 1.81. The van der Waals surface area contributed by atoms with Crippen molar-refractivity contribution in [1.82, 2.24) is 14.9 Å². The highest BCUT2D eigenvalue weighted by atomic mass is 16.2. The summed E-state index contributed by atoms with van der Waals surface area (Å²) in [6.07, 6.45) is 5.32. The molecule has 1 N–H and O–H groups in total. The van der Waals surface area contributed by atoms with E-state index in [1.807, 2.05) is 49.6 Å². The number of carbonyl (C=O) groups excluding carboxylic acids is 1. The van der Waals surface area contributed by atoms with Gasteiger partial charge in [0.1, 0.15) is 0 Å². The number of hydrogen-bond donors (Lipinski definition) is 1. The zero-order valence-electron chi connectivity index (χ0n) is 11.2. The van der Waals surface area contributed by atoms with E-state index in [2.05, 4.69) is 9.97 Å². The number of nitrogens with one attached hydrogen (secondary N) is 1. The normalized spacial score (nSPS) is 10.7. The molecule has 0 saturated heterocycles. The second-order valence-electron chi connectivity index (χ2n) is 4.76. The van der Waals surface area contributed by atoms with Gasteiger partial charge in [0.25, 0.3) is 5.91 Å². The Balaban J connectivity index is 1.87. The second kappa shape index (κ2) is 5.17. The van der Waals surface area contributed by atoms with Crippen molar-refractivity contribution < 1.29 is 4.79 Å². The van der Waals surface area contributed by atoms with Crippen molar-refractivity contribution in [3.05, 3.63) is 66.1 Å². The Morgan fingerprint density at radius 2 is 2.00 bits per heavy atom. The van der Waals surface area contributed by atoms with Gasteiger partial charge in [-0.2, -0.15) is 0 Å². The molecule has 0 radical (unpaired) electrons. The first kappa shape index (κ1) is 12.4. The summed E-state index contributed by atoms with van der Waals surface area (Å²) < 4.78 is 0. The van der Waals surface area contributed by atoms with Crippen LogP contribution >= 0.6 is 0 Å². The van der Waals surface area contributed by atoms with Crippen LogP contribution in [0.25, 0.3) is 10.9 Å². The molecule has 0 aliphatic rings. The van der Waals surface area contributed by atoms with E-state index >= 15 is 0 Å². The number of amides is 1. The summed E-state index contributed by atoms with van der Waals surface area (Å²) in [6.45, 7) is 0.568. The van der Waals surface area contributed by atoms with Crippen molar-refractivity contribution in [3.8, 4) is 0 Å². The first-order valence-electron chi connectivity index (χ1n) is 6.46. The van der Waals surface area contributed by atoms with Gasteiger partial charge >= 0.3 is 0 Å². The SMILES string of the molecule is CN(Cc1ccncc1)C(=O)c1cccc2cc[nH]c12. The van der Waals surface area contributed by atoms with Crippen molar-refractivity contribution in [2.45, 2.75) is 6.54 Å². The van der Waals surface area contributed by atoms with E-state index in [4.69, 9.17) is 0 Å². The largest absolute Gasteiger partial charge is 0.361 e. The van der Waals surface area contributed by atoms with Crippen LogP contribution in [0.5, 0.6) is 0 Å². The van der Waals surface area contributed by atoms with Crippen molar-refractivity contribution in [1.29, 1.82) is 0 Å². The molecule has 4 heteroatoms. The number of hydrogen-bond acceptors (Lipinski definition) is 2. The van der Waals surface area contributed by atoms with Gasteiger partial charge in [-0.25, -0.2) is 0 Å². The van der Waals surface area contributed by atoms with Gasteiger partial charge in [-0.15, -0.1) is 0 Å². The molecule has 3 aromatic rings. The number of nitrogens with zero attached hydrogens (tertiary/aromatic N) is 2. The molecule has 0 atom stereocenters. The van der Waals surface area contributed by atoms with E-state index < -0.39 is 0 Å². The fraction of sp³-hybridized carbons (Fsp3) is 0.125. The van der Waals surface area contributed by atoms with Gasteiger partial charge in [-0.1, -0.05) is 12.1 Å². The third kappa shape index (κ3) is 2.28. The molecule has 2 aromatic heterocycles. The van der Waals surface area contributed by atoms with E-state index in [0.717, 1.165) is 16.5 Å². The van der Waals surface area contributed by atoms with Crippen molar-refractivity contribution in [2.24, 2.45) is 0 Å². The van der Waals surface area contributed by atoms with Gasteiger partial charge in [0.05, 0.1) is 11.1 Å². The number of pyridine rings is 1. The third-order valence-corrected chi connectivity index (χ3v) is 3.33. The highest BCUT2D eigenvalue weighted by Crippen LogP contribution is 2.18. The summed E-state index contributed by atoms with van der Waals surface area (Å²) >= 11 is 0. The lowest BCUT2D eigenvalue weighted by Gasteiger charge is -2.17. The van der Waals surface area contributed by atoms with E-state index in [1.165, 1.54) is 0 Å². The van der Waals surface area contributed by atoms with Crippen molar-refractivity contribution in [3.63, 3.8) is 0 Å². The maximum Gasteiger partial charge on any atom is 0.256 e. The molecule has 3 rings (SSSR count). The van der Waals surface area contributed by atoms with Crippen LogP contribution in [-0.2, 0) is 6.54 Å². The Morgan fingerprint density at radius 1 is 1.20 bits per heavy atom. The molecule has 0 unspecified atom stereocenters. The zero-order chi connectivity index (χ0) is 13.9. The Morgan fingerprint density at radius 3 is 2.80 bits per heavy atom. The Bertz CT molecular complexity index is 734. The lowest BCUT2D eigenvalue weighted by Crippen LogP contribution is -2.26. The van der Waals surface area contributed by atoms with Gasteiger partial charge in [-0.05, 0) is 29.8 Å². The molecule has 4 nitrogen and oxygen atoms in total. The lowest BCUT2D eigenvalue weighted by atomic mass is 10.1. The number of rotatable bonds is 3. The van der Waals surface area contributed by atoms with Gasteiger partial charge in [0, 0.05) is 37.6 Å². The Labute approximate surface area is 117 Å². The van der Waals surface area contributed by atoms with Crippen molar-refractivity contribution in [2.75, 3.05) is 7.05 Å². The maximum absolute atomic E-state index is 12.6. The average molecular weight is 265 g/mol. The minimum absolute atomic E-state index is 0.00913. The first-order valence-corrected chi connectivity index (χ1v) is 6.46. The van der Waals surface area contributed by atoms with E-state index in [1.54, 1.807) is 17.3 Å². The fourth-order valence-electron chi connectivity index (χ4n) is 2.30. The molecule has 0 aliphatic carbocycles. The lowest BCUT2D eigenvalue weighted by molar-refractivity contribution is 0.0787. The maximum atomic E-state index is 12.6. The molecular weight excluding hydrogens is 250 g/mol. The molecule has 2 heterocycles. The monoisotopic (exact) mass is 265 g/mol. The van der Waals surface area contributed by atoms with Crippen LogP contribution in [0, 0.1) is 0 Å². The van der Waals surface area contributed by atoms with Crippen LogP contribution in [0.15, 0.2) is 55.0 Å². The number of carbonyl (C=O) groups is 1. The number of fused-ring (bicyclic) bond motifs is 1. The van der Waals surface area contributed by atoms with Crippen LogP contribution in [0.2, 0.25) is 0 Å². The van der Waals surface area contributed by atoms with Crippen molar-refractivity contribution >= 4 is 16.8 Å². The highest BCUT2D eigenvalue weighted by molar-refractivity contribution is 6.05. The number of aromatic nitrogens is 2.